The molecule has 4 heteroatoms. The molecule has 0 saturated heterocycles. The first kappa shape index (κ1) is 22.3. The molecule has 0 saturated carbocycles. The summed E-state index contributed by atoms with van der Waals surface area (Å²) in [6, 6.07) is 0. The van der Waals surface area contributed by atoms with Crippen molar-refractivity contribution in [3.63, 3.8) is 0 Å². The van der Waals surface area contributed by atoms with E-state index in [0.717, 1.165) is 71.1 Å². The van der Waals surface area contributed by atoms with Crippen molar-refractivity contribution in [1.29, 1.82) is 0 Å². The van der Waals surface area contributed by atoms with E-state index < -0.39 is 0 Å². The van der Waals surface area contributed by atoms with Crippen LogP contribution in [0.2, 0.25) is 0 Å². The number of hydrogen-bond acceptors (Lipinski definition) is 4. The molecule has 0 atom stereocenters. The summed E-state index contributed by atoms with van der Waals surface area (Å²) in [5, 5.41) is 0. The van der Waals surface area contributed by atoms with E-state index in [0.29, 0.717) is 12.8 Å². The lowest BCUT2D eigenvalue weighted by Gasteiger charge is -2.21. The SMILES string of the molecule is CC(C)(CC=O)CCCOCCCOCCCC(C)(C)CC=O. The van der Waals surface area contributed by atoms with E-state index in [4.69, 9.17) is 9.47 Å². The molecule has 136 valence electrons. The third-order valence-electron chi connectivity index (χ3n) is 4.13. The molecule has 0 spiro atoms. The van der Waals surface area contributed by atoms with Crippen LogP contribution >= 0.6 is 0 Å². The molecule has 0 aromatic carbocycles. The summed E-state index contributed by atoms with van der Waals surface area (Å²) >= 11 is 0. The van der Waals surface area contributed by atoms with Crippen LogP contribution in [-0.4, -0.2) is 39.0 Å². The van der Waals surface area contributed by atoms with Crippen LogP contribution in [-0.2, 0) is 19.1 Å². The first-order chi connectivity index (χ1) is 10.8. The highest BCUT2D eigenvalue weighted by atomic mass is 16.5. The molecule has 0 aromatic heterocycles. The summed E-state index contributed by atoms with van der Waals surface area (Å²) in [6.45, 7) is 11.4. The van der Waals surface area contributed by atoms with Gasteiger partial charge in [0.05, 0.1) is 0 Å². The van der Waals surface area contributed by atoms with Gasteiger partial charge in [-0.1, -0.05) is 27.7 Å². The lowest BCUT2D eigenvalue weighted by atomic mass is 9.85. The van der Waals surface area contributed by atoms with Gasteiger partial charge in [-0.3, -0.25) is 0 Å². The van der Waals surface area contributed by atoms with Crippen LogP contribution in [0.1, 0.15) is 72.6 Å². The Kier molecular flexibility index (Phi) is 12.2. The third-order valence-corrected chi connectivity index (χ3v) is 4.13. The molecule has 0 rings (SSSR count). The van der Waals surface area contributed by atoms with Crippen LogP contribution in [0.25, 0.3) is 0 Å². The average molecular weight is 328 g/mol. The predicted octanol–water partition coefficient (Wildman–Crippen LogP) is 4.20. The number of hydrogen-bond donors (Lipinski definition) is 0. The fourth-order valence-electron chi connectivity index (χ4n) is 2.43. The molecule has 0 aliphatic heterocycles. The topological polar surface area (TPSA) is 52.6 Å². The molecule has 0 amide bonds. The van der Waals surface area contributed by atoms with Gasteiger partial charge in [0.15, 0.2) is 0 Å². The molecule has 0 aliphatic carbocycles. The molecule has 0 heterocycles. The van der Waals surface area contributed by atoms with E-state index in [2.05, 4.69) is 27.7 Å². The van der Waals surface area contributed by atoms with Gasteiger partial charge in [0, 0.05) is 39.3 Å². The van der Waals surface area contributed by atoms with Crippen LogP contribution < -0.4 is 0 Å². The van der Waals surface area contributed by atoms with Crippen LogP contribution in [0.5, 0.6) is 0 Å². The first-order valence-corrected chi connectivity index (χ1v) is 8.86. The van der Waals surface area contributed by atoms with Crippen molar-refractivity contribution < 1.29 is 19.1 Å². The molecule has 0 radical (unpaired) electrons. The summed E-state index contributed by atoms with van der Waals surface area (Å²) in [6.07, 6.45) is 8.15. The summed E-state index contributed by atoms with van der Waals surface area (Å²) in [7, 11) is 0. The molecule has 0 N–H and O–H groups in total. The lowest BCUT2D eigenvalue weighted by Crippen LogP contribution is -2.14. The van der Waals surface area contributed by atoms with Crippen molar-refractivity contribution >= 4 is 12.6 Å². The third kappa shape index (κ3) is 14.6. The molecule has 0 unspecified atom stereocenters. The minimum atomic E-state index is 0.0891. The number of aldehydes is 2. The van der Waals surface area contributed by atoms with Gasteiger partial charge < -0.3 is 19.1 Å². The normalized spacial score (nSPS) is 12.3. The zero-order chi connectivity index (χ0) is 17.6. The molecule has 0 aliphatic rings. The summed E-state index contributed by atoms with van der Waals surface area (Å²) in [4.78, 5) is 21.1. The maximum Gasteiger partial charge on any atom is 0.120 e. The Hall–Kier alpha value is -0.740. The van der Waals surface area contributed by atoms with E-state index >= 15 is 0 Å². The van der Waals surface area contributed by atoms with Crippen LogP contribution in [0, 0.1) is 10.8 Å². The largest absolute Gasteiger partial charge is 0.381 e. The second-order valence-electron chi connectivity index (χ2n) is 7.86. The van der Waals surface area contributed by atoms with Crippen LogP contribution in [0.15, 0.2) is 0 Å². The number of carbonyl (C=O) groups excluding carboxylic acids is 2. The molecule has 23 heavy (non-hydrogen) atoms. The minimum absolute atomic E-state index is 0.0891. The molecule has 4 nitrogen and oxygen atoms in total. The standard InChI is InChI=1S/C19H36O4/c1-18(2,10-12-20)8-5-14-22-16-7-17-23-15-6-9-19(3,4)11-13-21/h12-13H,5-11,14-17H2,1-4H3. The first-order valence-electron chi connectivity index (χ1n) is 8.86. The van der Waals surface area contributed by atoms with Crippen LogP contribution in [0.3, 0.4) is 0 Å². The van der Waals surface area contributed by atoms with Crippen LogP contribution in [0.4, 0.5) is 0 Å². The van der Waals surface area contributed by atoms with E-state index in [1.54, 1.807) is 0 Å². The fraction of sp³-hybridized carbons (Fsp3) is 0.895. The smallest absolute Gasteiger partial charge is 0.120 e. The summed E-state index contributed by atoms with van der Waals surface area (Å²) < 4.78 is 11.2. The molecule has 0 fully saturated rings. The lowest BCUT2D eigenvalue weighted by molar-refractivity contribution is -0.110. The van der Waals surface area contributed by atoms with Gasteiger partial charge in [0.2, 0.25) is 0 Å². The van der Waals surface area contributed by atoms with Gasteiger partial charge in [-0.25, -0.2) is 0 Å². The Balaban J connectivity index is 3.34. The Bertz CT molecular complexity index is 280. The number of rotatable bonds is 16. The van der Waals surface area contributed by atoms with Gasteiger partial charge in [0.1, 0.15) is 12.6 Å². The van der Waals surface area contributed by atoms with E-state index in [9.17, 15) is 9.59 Å². The fourth-order valence-corrected chi connectivity index (χ4v) is 2.43. The summed E-state index contributed by atoms with van der Waals surface area (Å²) in [5.74, 6) is 0. The Labute approximate surface area is 142 Å². The van der Waals surface area contributed by atoms with E-state index in [-0.39, 0.29) is 10.8 Å². The average Bonchev–Trinajstić information content (AvgIpc) is 2.44. The number of ether oxygens (including phenoxy) is 2. The van der Waals surface area contributed by atoms with Crippen molar-refractivity contribution in [1.82, 2.24) is 0 Å². The molecule has 0 bridgehead atoms. The predicted molar refractivity (Wildman–Crippen MR) is 93.6 cm³/mol. The number of carbonyl (C=O) groups is 2. The second-order valence-corrected chi connectivity index (χ2v) is 7.86. The Morgan fingerprint density at radius 1 is 0.652 bits per heavy atom. The van der Waals surface area contributed by atoms with Crippen molar-refractivity contribution in [3.8, 4) is 0 Å². The molecular formula is C19H36O4. The maximum atomic E-state index is 10.5. The van der Waals surface area contributed by atoms with Gasteiger partial charge in [-0.05, 0) is 42.9 Å². The Morgan fingerprint density at radius 3 is 1.35 bits per heavy atom. The van der Waals surface area contributed by atoms with E-state index in [1.165, 1.54) is 0 Å². The van der Waals surface area contributed by atoms with Crippen molar-refractivity contribution in [2.45, 2.75) is 72.6 Å². The van der Waals surface area contributed by atoms with E-state index in [1.807, 2.05) is 0 Å². The zero-order valence-electron chi connectivity index (χ0n) is 15.6. The van der Waals surface area contributed by atoms with Crippen molar-refractivity contribution in [2.24, 2.45) is 10.8 Å². The van der Waals surface area contributed by atoms with Gasteiger partial charge in [0.25, 0.3) is 0 Å². The van der Waals surface area contributed by atoms with Crippen molar-refractivity contribution in [2.75, 3.05) is 26.4 Å². The maximum absolute atomic E-state index is 10.5. The highest BCUT2D eigenvalue weighted by molar-refractivity contribution is 5.50. The molecular weight excluding hydrogens is 292 g/mol. The van der Waals surface area contributed by atoms with Crippen molar-refractivity contribution in [3.05, 3.63) is 0 Å². The zero-order valence-corrected chi connectivity index (χ0v) is 15.6. The quantitative estimate of drug-likeness (QED) is 0.315. The van der Waals surface area contributed by atoms with Gasteiger partial charge in [-0.15, -0.1) is 0 Å². The summed E-state index contributed by atoms with van der Waals surface area (Å²) in [5.41, 5.74) is 0.178. The van der Waals surface area contributed by atoms with Gasteiger partial charge in [-0.2, -0.15) is 0 Å². The Morgan fingerprint density at radius 2 is 1.00 bits per heavy atom. The minimum Gasteiger partial charge on any atom is -0.381 e. The van der Waals surface area contributed by atoms with Gasteiger partial charge >= 0.3 is 0 Å². The highest BCUT2D eigenvalue weighted by Gasteiger charge is 2.17. The molecule has 0 aromatic rings. The second kappa shape index (κ2) is 12.7. The monoisotopic (exact) mass is 328 g/mol. The highest BCUT2D eigenvalue weighted by Crippen LogP contribution is 2.25.